The normalized spacial score (nSPS) is 26.1. The highest BCUT2D eigenvalue weighted by Gasteiger charge is 2.35. The van der Waals surface area contributed by atoms with Gasteiger partial charge in [0.25, 0.3) is 0 Å². The third-order valence-electron chi connectivity index (χ3n) is 3.06. The number of hydrogen-bond acceptors (Lipinski definition) is 2. The molecule has 1 heterocycles. The smallest absolute Gasteiger partial charge is 0.0302 e. The van der Waals surface area contributed by atoms with Crippen LogP contribution in [-0.2, 0) is 0 Å². The Morgan fingerprint density at radius 3 is 2.31 bits per heavy atom. The van der Waals surface area contributed by atoms with Crippen molar-refractivity contribution in [1.29, 1.82) is 0 Å². The molecule has 0 spiro atoms. The summed E-state index contributed by atoms with van der Waals surface area (Å²) in [5.41, 5.74) is 0.399. The minimum Gasteiger partial charge on any atom is -0.296 e. The van der Waals surface area contributed by atoms with Crippen molar-refractivity contribution in [1.82, 2.24) is 4.90 Å². The molecule has 13 heavy (non-hydrogen) atoms. The lowest BCUT2D eigenvalue weighted by atomic mass is 10.0. The highest BCUT2D eigenvalue weighted by Crippen LogP contribution is 2.36. The molecule has 2 fully saturated rings. The van der Waals surface area contributed by atoms with Crippen LogP contribution in [0.5, 0.6) is 0 Å². The van der Waals surface area contributed by atoms with E-state index in [2.05, 4.69) is 37.4 Å². The van der Waals surface area contributed by atoms with Crippen LogP contribution < -0.4 is 0 Å². The average Bonchev–Trinajstić information content (AvgIpc) is 2.63. The highest BCUT2D eigenvalue weighted by atomic mass is 32.2. The van der Waals surface area contributed by atoms with Crippen LogP contribution in [0.3, 0.4) is 0 Å². The number of hydrogen-bond donors (Lipinski definition) is 0. The summed E-state index contributed by atoms with van der Waals surface area (Å²) in [6.07, 6.45) is 3.01. The molecule has 0 atom stereocenters. The molecule has 0 amide bonds. The van der Waals surface area contributed by atoms with Crippen molar-refractivity contribution in [3.8, 4) is 0 Å². The first-order valence-electron chi connectivity index (χ1n) is 5.42. The second kappa shape index (κ2) is 3.47. The van der Waals surface area contributed by atoms with E-state index >= 15 is 0 Å². The van der Waals surface area contributed by atoms with E-state index in [1.54, 1.807) is 0 Å². The maximum atomic E-state index is 2.58. The van der Waals surface area contributed by atoms with Gasteiger partial charge in [-0.05, 0) is 45.3 Å². The van der Waals surface area contributed by atoms with Crippen LogP contribution in [0.4, 0.5) is 0 Å². The Morgan fingerprint density at radius 2 is 1.85 bits per heavy atom. The summed E-state index contributed by atoms with van der Waals surface area (Å²) in [5, 5.41) is 0.944. The van der Waals surface area contributed by atoms with Crippen LogP contribution in [0, 0.1) is 5.92 Å². The van der Waals surface area contributed by atoms with E-state index in [0.29, 0.717) is 5.54 Å². The molecule has 1 saturated heterocycles. The number of thioether (sulfide) groups is 1. The Hall–Kier alpha value is 0.310. The molecule has 1 aliphatic carbocycles. The molecule has 1 saturated carbocycles. The number of rotatable bonds is 3. The second-order valence-electron chi connectivity index (χ2n) is 5.47. The fourth-order valence-corrected chi connectivity index (χ4v) is 3.10. The zero-order valence-corrected chi connectivity index (χ0v) is 9.86. The molecule has 0 bridgehead atoms. The van der Waals surface area contributed by atoms with Crippen molar-refractivity contribution in [2.45, 2.75) is 44.4 Å². The van der Waals surface area contributed by atoms with E-state index in [0.717, 1.165) is 11.2 Å². The third-order valence-corrected chi connectivity index (χ3v) is 4.49. The number of likely N-dealkylation sites (tertiary alicyclic amines) is 1. The van der Waals surface area contributed by atoms with Crippen LogP contribution in [0.1, 0.15) is 33.6 Å². The molecule has 0 N–H and O–H groups in total. The van der Waals surface area contributed by atoms with Gasteiger partial charge >= 0.3 is 0 Å². The van der Waals surface area contributed by atoms with Crippen molar-refractivity contribution in [2.24, 2.45) is 5.92 Å². The topological polar surface area (TPSA) is 3.24 Å². The molecule has 2 rings (SSSR count). The second-order valence-corrected chi connectivity index (χ2v) is 6.81. The van der Waals surface area contributed by atoms with E-state index in [4.69, 9.17) is 0 Å². The Labute approximate surface area is 86.3 Å². The van der Waals surface area contributed by atoms with Crippen molar-refractivity contribution in [3.63, 3.8) is 0 Å². The van der Waals surface area contributed by atoms with Crippen LogP contribution in [0.25, 0.3) is 0 Å². The fraction of sp³-hybridized carbons (Fsp3) is 1.00. The molecular formula is C11H21NS. The Morgan fingerprint density at radius 1 is 1.23 bits per heavy atom. The quantitative estimate of drug-likeness (QED) is 0.687. The first-order valence-corrected chi connectivity index (χ1v) is 6.47. The molecule has 0 aromatic rings. The van der Waals surface area contributed by atoms with Crippen molar-refractivity contribution in [3.05, 3.63) is 0 Å². The largest absolute Gasteiger partial charge is 0.296 e. The minimum absolute atomic E-state index is 0.399. The summed E-state index contributed by atoms with van der Waals surface area (Å²) in [7, 11) is 0. The van der Waals surface area contributed by atoms with Crippen LogP contribution in [-0.4, -0.2) is 34.5 Å². The third kappa shape index (κ3) is 2.63. The van der Waals surface area contributed by atoms with Gasteiger partial charge in [-0.15, -0.1) is 0 Å². The van der Waals surface area contributed by atoms with E-state index in [-0.39, 0.29) is 0 Å². The van der Waals surface area contributed by atoms with Gasteiger partial charge in [-0.3, -0.25) is 4.90 Å². The summed E-state index contributed by atoms with van der Waals surface area (Å²) in [5.74, 6) is 2.52. The molecule has 0 aromatic heterocycles. The van der Waals surface area contributed by atoms with Gasteiger partial charge in [-0.2, -0.15) is 11.8 Å². The number of nitrogens with zero attached hydrogens (tertiary/aromatic N) is 1. The van der Waals surface area contributed by atoms with E-state index in [1.165, 1.54) is 31.7 Å². The zero-order valence-electron chi connectivity index (χ0n) is 9.05. The lowest BCUT2D eigenvalue weighted by molar-refractivity contribution is 0.0754. The minimum atomic E-state index is 0.399. The summed E-state index contributed by atoms with van der Waals surface area (Å²) in [4.78, 5) is 2.58. The molecule has 0 radical (unpaired) electrons. The zero-order chi connectivity index (χ0) is 9.47. The van der Waals surface area contributed by atoms with Gasteiger partial charge in [0, 0.05) is 23.9 Å². The predicted molar refractivity (Wildman–Crippen MR) is 60.3 cm³/mol. The van der Waals surface area contributed by atoms with Crippen molar-refractivity contribution in [2.75, 3.05) is 18.8 Å². The summed E-state index contributed by atoms with van der Waals surface area (Å²) >= 11 is 2.21. The van der Waals surface area contributed by atoms with Gasteiger partial charge in [0.2, 0.25) is 0 Å². The highest BCUT2D eigenvalue weighted by molar-refractivity contribution is 8.00. The van der Waals surface area contributed by atoms with Crippen molar-refractivity contribution < 1.29 is 0 Å². The molecule has 0 unspecified atom stereocenters. The van der Waals surface area contributed by atoms with Crippen LogP contribution in [0.15, 0.2) is 0 Å². The van der Waals surface area contributed by atoms with Gasteiger partial charge in [0.05, 0.1) is 0 Å². The first kappa shape index (κ1) is 9.85. The van der Waals surface area contributed by atoms with Crippen LogP contribution >= 0.6 is 11.8 Å². The lowest BCUT2D eigenvalue weighted by Crippen LogP contribution is -2.57. The maximum absolute atomic E-state index is 2.58. The summed E-state index contributed by atoms with van der Waals surface area (Å²) < 4.78 is 0. The van der Waals surface area contributed by atoms with E-state index < -0.39 is 0 Å². The molecule has 2 aliphatic rings. The molecule has 2 heteroatoms. The monoisotopic (exact) mass is 199 g/mol. The SMILES string of the molecule is CC(C)(C)N1CC(SCC2CC2)C1. The maximum Gasteiger partial charge on any atom is 0.0302 e. The van der Waals surface area contributed by atoms with E-state index in [1.807, 2.05) is 0 Å². The van der Waals surface area contributed by atoms with Gasteiger partial charge in [-0.1, -0.05) is 0 Å². The fourth-order valence-electron chi connectivity index (χ4n) is 1.65. The lowest BCUT2D eigenvalue weighted by Gasteiger charge is -2.47. The molecule has 1 nitrogen and oxygen atoms in total. The summed E-state index contributed by atoms with van der Waals surface area (Å²) in [6.45, 7) is 9.58. The Bertz CT molecular complexity index is 175. The van der Waals surface area contributed by atoms with Gasteiger partial charge < -0.3 is 0 Å². The molecular weight excluding hydrogens is 178 g/mol. The molecule has 1 aliphatic heterocycles. The predicted octanol–water partition coefficient (Wildman–Crippen LogP) is 2.61. The standard InChI is InChI=1S/C11H21NS/c1-11(2,3)12-6-10(7-12)13-8-9-4-5-9/h9-10H,4-8H2,1-3H3. The van der Waals surface area contributed by atoms with Gasteiger partial charge in [0.15, 0.2) is 0 Å². The molecule has 76 valence electrons. The first-order chi connectivity index (χ1) is 6.05. The van der Waals surface area contributed by atoms with Gasteiger partial charge in [0.1, 0.15) is 0 Å². The Kier molecular flexibility index (Phi) is 2.63. The van der Waals surface area contributed by atoms with E-state index in [9.17, 15) is 0 Å². The van der Waals surface area contributed by atoms with Gasteiger partial charge in [-0.25, -0.2) is 0 Å². The summed E-state index contributed by atoms with van der Waals surface area (Å²) in [6, 6.07) is 0. The van der Waals surface area contributed by atoms with Crippen LogP contribution in [0.2, 0.25) is 0 Å². The van der Waals surface area contributed by atoms with Crippen molar-refractivity contribution >= 4 is 11.8 Å². The Balaban J connectivity index is 1.60. The molecule has 0 aromatic carbocycles. The average molecular weight is 199 g/mol.